The fourth-order valence-corrected chi connectivity index (χ4v) is 2.42. The number of benzene rings is 3. The number of nitriles is 1. The highest BCUT2D eigenvalue weighted by Crippen LogP contribution is 2.20. The Morgan fingerprint density at radius 3 is 2.27 bits per heavy atom. The van der Waals surface area contributed by atoms with Crippen LogP contribution in [0.3, 0.4) is 0 Å². The third-order valence-electron chi connectivity index (χ3n) is 3.78. The summed E-state index contributed by atoms with van der Waals surface area (Å²) >= 11 is 0. The maximum atomic E-state index is 12.3. The number of nitrogens with zero attached hydrogens (tertiary/aromatic N) is 1. The number of hydrogen-bond donors (Lipinski definition) is 2. The fourth-order valence-electron chi connectivity index (χ4n) is 2.42. The number of methoxy groups -OCH3 is 1. The molecule has 0 spiro atoms. The number of hydrogen-bond acceptors (Lipinski definition) is 4. The van der Waals surface area contributed by atoms with Gasteiger partial charge in [-0.1, -0.05) is 6.07 Å². The lowest BCUT2D eigenvalue weighted by Gasteiger charge is -2.09. The zero-order valence-corrected chi connectivity index (χ0v) is 14.2. The van der Waals surface area contributed by atoms with Crippen molar-refractivity contribution in [3.63, 3.8) is 0 Å². The molecule has 0 heterocycles. The minimum Gasteiger partial charge on any atom is -0.497 e. The molecule has 0 radical (unpaired) electrons. The minimum atomic E-state index is -0.185. The van der Waals surface area contributed by atoms with Crippen molar-refractivity contribution in [3.8, 4) is 11.8 Å². The Hall–Kier alpha value is -3.78. The Labute approximate surface area is 151 Å². The lowest BCUT2D eigenvalue weighted by molar-refractivity contribution is 0.102. The molecule has 0 saturated carbocycles. The highest BCUT2D eigenvalue weighted by molar-refractivity contribution is 6.04. The third-order valence-corrected chi connectivity index (χ3v) is 3.78. The molecule has 0 aliphatic heterocycles. The molecular weight excluding hydrogens is 326 g/mol. The van der Waals surface area contributed by atoms with Crippen LogP contribution in [0.4, 0.5) is 17.1 Å². The first-order chi connectivity index (χ1) is 12.7. The van der Waals surface area contributed by atoms with E-state index in [1.165, 1.54) is 0 Å². The van der Waals surface area contributed by atoms with Gasteiger partial charge in [-0.05, 0) is 66.7 Å². The lowest BCUT2D eigenvalue weighted by atomic mass is 10.2. The van der Waals surface area contributed by atoms with Gasteiger partial charge >= 0.3 is 0 Å². The zero-order valence-electron chi connectivity index (χ0n) is 14.2. The summed E-state index contributed by atoms with van der Waals surface area (Å²) in [7, 11) is 1.58. The number of ether oxygens (including phenoxy) is 1. The van der Waals surface area contributed by atoms with Gasteiger partial charge in [0.25, 0.3) is 5.91 Å². The van der Waals surface area contributed by atoms with Crippen molar-refractivity contribution in [1.82, 2.24) is 0 Å². The van der Waals surface area contributed by atoms with Crippen LogP contribution in [0.15, 0.2) is 72.8 Å². The Kier molecular flexibility index (Phi) is 5.16. The van der Waals surface area contributed by atoms with E-state index in [-0.39, 0.29) is 5.91 Å². The normalized spacial score (nSPS) is 9.85. The van der Waals surface area contributed by atoms with Gasteiger partial charge in [0.05, 0.1) is 18.7 Å². The van der Waals surface area contributed by atoms with Crippen molar-refractivity contribution in [1.29, 1.82) is 5.26 Å². The summed E-state index contributed by atoms with van der Waals surface area (Å²) in [6.07, 6.45) is 0. The molecule has 5 heteroatoms. The van der Waals surface area contributed by atoms with Crippen molar-refractivity contribution in [2.75, 3.05) is 17.7 Å². The number of amides is 1. The van der Waals surface area contributed by atoms with E-state index in [9.17, 15) is 4.79 Å². The average Bonchev–Trinajstić information content (AvgIpc) is 2.69. The summed E-state index contributed by atoms with van der Waals surface area (Å²) < 4.78 is 5.09. The maximum Gasteiger partial charge on any atom is 0.255 e. The number of rotatable bonds is 5. The van der Waals surface area contributed by atoms with Gasteiger partial charge in [0.2, 0.25) is 0 Å². The second-order valence-electron chi connectivity index (χ2n) is 5.58. The Morgan fingerprint density at radius 1 is 0.923 bits per heavy atom. The van der Waals surface area contributed by atoms with Gasteiger partial charge in [-0.3, -0.25) is 4.79 Å². The van der Waals surface area contributed by atoms with Crippen LogP contribution in [0.25, 0.3) is 0 Å². The van der Waals surface area contributed by atoms with Crippen molar-refractivity contribution in [2.45, 2.75) is 0 Å². The third kappa shape index (κ3) is 4.19. The Balaban J connectivity index is 1.65. The number of nitrogens with one attached hydrogen (secondary N) is 2. The number of carbonyl (C=O) groups excluding carboxylic acids is 1. The maximum absolute atomic E-state index is 12.3. The van der Waals surface area contributed by atoms with Gasteiger partial charge in [-0.15, -0.1) is 0 Å². The molecule has 0 bridgehead atoms. The quantitative estimate of drug-likeness (QED) is 0.712. The fraction of sp³-hybridized carbons (Fsp3) is 0.0476. The summed E-state index contributed by atoms with van der Waals surface area (Å²) in [5, 5.41) is 15.0. The molecule has 0 aliphatic rings. The first-order valence-corrected chi connectivity index (χ1v) is 8.00. The predicted octanol–water partition coefficient (Wildman–Crippen LogP) is 4.56. The summed E-state index contributed by atoms with van der Waals surface area (Å²) in [5.41, 5.74) is 3.54. The van der Waals surface area contributed by atoms with E-state index in [0.717, 1.165) is 11.4 Å². The van der Waals surface area contributed by atoms with Crippen LogP contribution in [-0.2, 0) is 0 Å². The van der Waals surface area contributed by atoms with Crippen LogP contribution >= 0.6 is 0 Å². The second kappa shape index (κ2) is 7.86. The molecule has 1 amide bonds. The van der Waals surface area contributed by atoms with E-state index >= 15 is 0 Å². The first kappa shape index (κ1) is 17.1. The smallest absolute Gasteiger partial charge is 0.255 e. The molecule has 128 valence electrons. The highest BCUT2D eigenvalue weighted by atomic mass is 16.5. The van der Waals surface area contributed by atoms with Crippen LogP contribution in [0.2, 0.25) is 0 Å². The van der Waals surface area contributed by atoms with E-state index in [1.54, 1.807) is 43.5 Å². The summed E-state index contributed by atoms with van der Waals surface area (Å²) in [6.45, 7) is 0. The van der Waals surface area contributed by atoms with Crippen LogP contribution < -0.4 is 15.4 Å². The van der Waals surface area contributed by atoms with Gasteiger partial charge in [-0.2, -0.15) is 5.26 Å². The van der Waals surface area contributed by atoms with Crippen molar-refractivity contribution >= 4 is 23.0 Å². The van der Waals surface area contributed by atoms with E-state index in [2.05, 4.69) is 16.7 Å². The second-order valence-corrected chi connectivity index (χ2v) is 5.58. The summed E-state index contributed by atoms with van der Waals surface area (Å²) in [4.78, 5) is 12.3. The molecule has 5 nitrogen and oxygen atoms in total. The van der Waals surface area contributed by atoms with Gasteiger partial charge in [0, 0.05) is 22.6 Å². The molecule has 0 saturated heterocycles. The monoisotopic (exact) mass is 343 g/mol. The predicted molar refractivity (Wildman–Crippen MR) is 102 cm³/mol. The van der Waals surface area contributed by atoms with E-state index in [1.807, 2.05) is 36.4 Å². The molecular formula is C21H17N3O2. The first-order valence-electron chi connectivity index (χ1n) is 8.00. The van der Waals surface area contributed by atoms with Crippen molar-refractivity contribution < 1.29 is 9.53 Å². The molecule has 2 N–H and O–H groups in total. The Morgan fingerprint density at radius 2 is 1.62 bits per heavy atom. The van der Waals surface area contributed by atoms with Crippen LogP contribution in [0.1, 0.15) is 15.9 Å². The summed E-state index contributed by atoms with van der Waals surface area (Å²) in [6, 6.07) is 23.6. The van der Waals surface area contributed by atoms with Crippen LogP contribution in [0, 0.1) is 11.3 Å². The average molecular weight is 343 g/mol. The van der Waals surface area contributed by atoms with E-state index in [4.69, 9.17) is 10.00 Å². The van der Waals surface area contributed by atoms with Gasteiger partial charge in [0.1, 0.15) is 5.75 Å². The van der Waals surface area contributed by atoms with Crippen LogP contribution in [0.5, 0.6) is 5.75 Å². The lowest BCUT2D eigenvalue weighted by Crippen LogP contribution is -2.11. The molecule has 0 fully saturated rings. The molecule has 3 aromatic carbocycles. The molecule has 3 aromatic rings. The van der Waals surface area contributed by atoms with Crippen LogP contribution in [-0.4, -0.2) is 13.0 Å². The van der Waals surface area contributed by atoms with Crippen molar-refractivity contribution in [2.24, 2.45) is 0 Å². The summed E-state index contributed by atoms with van der Waals surface area (Å²) in [5.74, 6) is 0.521. The van der Waals surface area contributed by atoms with Gasteiger partial charge in [0.15, 0.2) is 0 Å². The Bertz CT molecular complexity index is 942. The molecule has 0 aliphatic carbocycles. The van der Waals surface area contributed by atoms with Gasteiger partial charge < -0.3 is 15.4 Å². The van der Waals surface area contributed by atoms with E-state index in [0.29, 0.717) is 22.6 Å². The minimum absolute atomic E-state index is 0.185. The number of carbonyl (C=O) groups is 1. The highest BCUT2D eigenvalue weighted by Gasteiger charge is 2.06. The molecule has 0 aromatic heterocycles. The standard InChI is InChI=1S/C21H17N3O2/c1-26-20-11-5-16(6-12-20)21(25)24-18-9-7-17(8-10-18)23-19-4-2-3-15(13-19)14-22/h2-13,23H,1H3,(H,24,25). The zero-order chi connectivity index (χ0) is 18.4. The molecule has 26 heavy (non-hydrogen) atoms. The van der Waals surface area contributed by atoms with Crippen molar-refractivity contribution in [3.05, 3.63) is 83.9 Å². The topological polar surface area (TPSA) is 74.2 Å². The number of anilines is 3. The molecule has 0 unspecified atom stereocenters. The SMILES string of the molecule is COc1ccc(C(=O)Nc2ccc(Nc3cccc(C#N)c3)cc2)cc1. The van der Waals surface area contributed by atoms with E-state index < -0.39 is 0 Å². The van der Waals surface area contributed by atoms with Gasteiger partial charge in [-0.25, -0.2) is 0 Å². The largest absolute Gasteiger partial charge is 0.497 e. The molecule has 3 rings (SSSR count). The molecule has 0 atom stereocenters.